The van der Waals surface area contributed by atoms with Crippen LogP contribution in [0.1, 0.15) is 96.5 Å². The number of rotatable bonds is 13. The summed E-state index contributed by atoms with van der Waals surface area (Å²) < 4.78 is 17.5. The first-order valence-corrected chi connectivity index (χ1v) is 14.4. The van der Waals surface area contributed by atoms with Gasteiger partial charge in [-0.1, -0.05) is 45.1 Å². The van der Waals surface area contributed by atoms with E-state index in [-0.39, 0.29) is 29.7 Å². The zero-order valence-electron chi connectivity index (χ0n) is 23.4. The molecule has 2 fully saturated rings. The average molecular weight is 534 g/mol. The first-order chi connectivity index (χ1) is 18.3. The number of hydrogen-bond donors (Lipinski definition) is 3. The van der Waals surface area contributed by atoms with Gasteiger partial charge in [-0.3, -0.25) is 14.9 Å². The van der Waals surface area contributed by atoms with E-state index in [1.54, 1.807) is 12.1 Å². The van der Waals surface area contributed by atoms with Crippen LogP contribution < -0.4 is 10.1 Å². The maximum absolute atomic E-state index is 13.5. The van der Waals surface area contributed by atoms with Gasteiger partial charge in [-0.15, -0.1) is 0 Å². The molecule has 1 aliphatic heterocycles. The molecular weight excluding hydrogens is 486 g/mol. The Labute approximate surface area is 227 Å². The number of hydrogen-bond acceptors (Lipinski definition) is 8. The SMILES string of the molecule is CCCCC[C@H](C[C@@H](OC(=O)C1CCCCC1)[C@]1(Cc2ccc(O)c(OC)c2)CCN[C@H](O)C1)OC(C)=O. The van der Waals surface area contributed by atoms with Crippen LogP contribution in [-0.4, -0.2) is 54.2 Å². The number of benzene rings is 1. The van der Waals surface area contributed by atoms with Crippen LogP contribution in [0.15, 0.2) is 18.2 Å². The monoisotopic (exact) mass is 533 g/mol. The van der Waals surface area contributed by atoms with E-state index in [1.807, 2.05) is 6.07 Å². The van der Waals surface area contributed by atoms with Crippen LogP contribution in [0.5, 0.6) is 11.5 Å². The van der Waals surface area contributed by atoms with Crippen molar-refractivity contribution in [1.82, 2.24) is 5.32 Å². The zero-order valence-corrected chi connectivity index (χ0v) is 23.4. The van der Waals surface area contributed by atoms with Crippen molar-refractivity contribution in [2.75, 3.05) is 13.7 Å². The number of phenols is 1. The molecule has 1 aromatic rings. The van der Waals surface area contributed by atoms with E-state index >= 15 is 0 Å². The van der Waals surface area contributed by atoms with Gasteiger partial charge in [-0.25, -0.2) is 0 Å². The van der Waals surface area contributed by atoms with Crippen LogP contribution in [0.2, 0.25) is 0 Å². The molecule has 0 spiro atoms. The molecule has 1 aromatic carbocycles. The first-order valence-electron chi connectivity index (χ1n) is 14.4. The highest BCUT2D eigenvalue weighted by atomic mass is 16.6. The van der Waals surface area contributed by atoms with Crippen LogP contribution in [-0.2, 0) is 25.5 Å². The molecule has 4 atom stereocenters. The minimum Gasteiger partial charge on any atom is -0.504 e. The highest BCUT2D eigenvalue weighted by molar-refractivity contribution is 5.72. The smallest absolute Gasteiger partial charge is 0.309 e. The molecule has 2 aliphatic rings. The maximum atomic E-state index is 13.5. The van der Waals surface area contributed by atoms with Crippen molar-refractivity contribution in [2.45, 2.75) is 116 Å². The second kappa shape index (κ2) is 14.7. The summed E-state index contributed by atoms with van der Waals surface area (Å²) in [5, 5.41) is 24.0. The largest absolute Gasteiger partial charge is 0.504 e. The number of carbonyl (C=O) groups excluding carboxylic acids is 2. The molecule has 0 amide bonds. The lowest BCUT2D eigenvalue weighted by molar-refractivity contribution is -0.172. The van der Waals surface area contributed by atoms with E-state index in [2.05, 4.69) is 12.2 Å². The molecule has 8 heteroatoms. The quantitative estimate of drug-likeness (QED) is 0.239. The van der Waals surface area contributed by atoms with Crippen molar-refractivity contribution >= 4 is 11.9 Å². The summed E-state index contributed by atoms with van der Waals surface area (Å²) in [5.74, 6) is -0.204. The van der Waals surface area contributed by atoms with Crippen molar-refractivity contribution in [3.63, 3.8) is 0 Å². The third kappa shape index (κ3) is 8.60. The summed E-state index contributed by atoms with van der Waals surface area (Å²) in [4.78, 5) is 25.5. The number of carbonyl (C=O) groups is 2. The summed E-state index contributed by atoms with van der Waals surface area (Å²) in [5.41, 5.74) is 0.336. The number of nitrogens with one attached hydrogen (secondary N) is 1. The van der Waals surface area contributed by atoms with Crippen LogP contribution in [0.4, 0.5) is 0 Å². The van der Waals surface area contributed by atoms with Gasteiger partial charge in [-0.2, -0.15) is 0 Å². The molecule has 1 heterocycles. The number of aliphatic hydroxyl groups is 1. The van der Waals surface area contributed by atoms with Crippen molar-refractivity contribution in [1.29, 1.82) is 0 Å². The standard InChI is InChI=1S/C30H47NO7/c1-4-5-7-12-24(37-21(2)32)18-27(38-29(35)23-10-8-6-9-11-23)30(15-16-31-28(34)20-30)19-22-13-14-25(33)26(17-22)36-3/h13-14,17,23-24,27-28,31,33-34H,4-12,15-16,18-20H2,1-3H3/t24-,27-,28-,30+/m1/s1. The molecule has 1 saturated carbocycles. The molecule has 38 heavy (non-hydrogen) atoms. The van der Waals surface area contributed by atoms with Gasteiger partial charge in [0.25, 0.3) is 0 Å². The molecule has 3 rings (SSSR count). The number of unbranched alkanes of at least 4 members (excludes halogenated alkanes) is 2. The topological polar surface area (TPSA) is 114 Å². The third-order valence-corrected chi connectivity index (χ3v) is 8.22. The number of esters is 2. The first kappa shape index (κ1) is 30.2. The minimum atomic E-state index is -0.745. The highest BCUT2D eigenvalue weighted by Gasteiger charge is 2.46. The number of aromatic hydroxyl groups is 1. The molecule has 214 valence electrons. The summed E-state index contributed by atoms with van der Waals surface area (Å²) >= 11 is 0. The lowest BCUT2D eigenvalue weighted by atomic mass is 9.68. The van der Waals surface area contributed by atoms with Crippen molar-refractivity contribution in [3.05, 3.63) is 23.8 Å². The van der Waals surface area contributed by atoms with Crippen molar-refractivity contribution in [2.24, 2.45) is 11.3 Å². The summed E-state index contributed by atoms with van der Waals surface area (Å²) in [6.07, 6.45) is 8.90. The van der Waals surface area contributed by atoms with E-state index in [0.717, 1.165) is 56.9 Å². The number of phenolic OH excluding ortho intramolecular Hbond substituents is 1. The van der Waals surface area contributed by atoms with Crippen LogP contribution in [0.25, 0.3) is 0 Å². The number of methoxy groups -OCH3 is 1. The fraction of sp³-hybridized carbons (Fsp3) is 0.733. The van der Waals surface area contributed by atoms with Crippen molar-refractivity contribution < 1.29 is 34.0 Å². The molecular formula is C30H47NO7. The predicted molar refractivity (Wildman–Crippen MR) is 145 cm³/mol. The maximum Gasteiger partial charge on any atom is 0.309 e. The van der Waals surface area contributed by atoms with Gasteiger partial charge >= 0.3 is 11.9 Å². The molecule has 3 N–H and O–H groups in total. The number of piperidine rings is 1. The zero-order chi connectivity index (χ0) is 27.5. The summed E-state index contributed by atoms with van der Waals surface area (Å²) in [6, 6.07) is 5.25. The Hall–Kier alpha value is -2.32. The molecule has 1 saturated heterocycles. The summed E-state index contributed by atoms with van der Waals surface area (Å²) in [7, 11) is 1.51. The normalized spacial score (nSPS) is 23.8. The Morgan fingerprint density at radius 3 is 2.58 bits per heavy atom. The molecule has 0 unspecified atom stereocenters. The van der Waals surface area contributed by atoms with Gasteiger partial charge in [0.2, 0.25) is 0 Å². The Bertz CT molecular complexity index is 901. The Balaban J connectivity index is 1.95. The van der Waals surface area contributed by atoms with Crippen LogP contribution in [0, 0.1) is 11.3 Å². The fourth-order valence-electron chi connectivity index (χ4n) is 6.17. The lowest BCUT2D eigenvalue weighted by Crippen LogP contribution is -2.53. The second-order valence-electron chi connectivity index (χ2n) is 11.2. The van der Waals surface area contributed by atoms with E-state index in [4.69, 9.17) is 14.2 Å². The number of ether oxygens (including phenoxy) is 3. The molecule has 8 nitrogen and oxygen atoms in total. The molecule has 0 radical (unpaired) electrons. The van der Waals surface area contributed by atoms with E-state index in [9.17, 15) is 19.8 Å². The fourth-order valence-corrected chi connectivity index (χ4v) is 6.17. The van der Waals surface area contributed by atoms with Crippen LogP contribution >= 0.6 is 0 Å². The van der Waals surface area contributed by atoms with Gasteiger partial charge in [0.1, 0.15) is 18.4 Å². The van der Waals surface area contributed by atoms with Gasteiger partial charge in [-0.05, 0) is 69.2 Å². The van der Waals surface area contributed by atoms with E-state index < -0.39 is 17.7 Å². The Morgan fingerprint density at radius 1 is 1.16 bits per heavy atom. The van der Waals surface area contributed by atoms with Gasteiger partial charge in [0, 0.05) is 18.8 Å². The summed E-state index contributed by atoms with van der Waals surface area (Å²) in [6.45, 7) is 4.12. The van der Waals surface area contributed by atoms with Gasteiger partial charge < -0.3 is 24.4 Å². The Kier molecular flexibility index (Phi) is 11.7. The molecule has 0 aromatic heterocycles. The van der Waals surface area contributed by atoms with Crippen molar-refractivity contribution in [3.8, 4) is 11.5 Å². The molecule has 0 bridgehead atoms. The lowest BCUT2D eigenvalue weighted by Gasteiger charge is -2.46. The van der Waals surface area contributed by atoms with Gasteiger partial charge in [0.05, 0.1) is 13.0 Å². The minimum absolute atomic E-state index is 0.0572. The Morgan fingerprint density at radius 2 is 1.92 bits per heavy atom. The van der Waals surface area contributed by atoms with Gasteiger partial charge in [0.15, 0.2) is 11.5 Å². The van der Waals surface area contributed by atoms with Crippen LogP contribution in [0.3, 0.4) is 0 Å². The average Bonchev–Trinajstić information content (AvgIpc) is 2.89. The highest BCUT2D eigenvalue weighted by Crippen LogP contribution is 2.44. The second-order valence-corrected chi connectivity index (χ2v) is 11.2. The van der Waals surface area contributed by atoms with E-state index in [0.29, 0.717) is 44.4 Å². The molecule has 1 aliphatic carbocycles. The predicted octanol–water partition coefficient (Wildman–Crippen LogP) is 5.03. The third-order valence-electron chi connectivity index (χ3n) is 8.22. The number of aliphatic hydroxyl groups excluding tert-OH is 1. The van der Waals surface area contributed by atoms with E-state index in [1.165, 1.54) is 14.0 Å².